The number of carbonyl (C=O) groups is 1. The standard InChI is InChI=1S/C19H20ClN3O3S2/c1-11(21-22-19(27)23-7-5-12(6-8-23)18(25)26)15-10-28-17(16(15)24)13-3-2-4-14(20)9-13/h2-4,9-10,12,24H,5-8H2,1H3,(H,22,27)(H,25,26)/b21-11+. The van der Waals surface area contributed by atoms with E-state index >= 15 is 0 Å². The van der Waals surface area contributed by atoms with Gasteiger partial charge in [-0.2, -0.15) is 5.10 Å². The number of nitrogens with one attached hydrogen (secondary N) is 1. The topological polar surface area (TPSA) is 85.2 Å². The number of hydrogen-bond donors (Lipinski definition) is 3. The second kappa shape index (κ2) is 8.89. The molecule has 0 amide bonds. The maximum atomic E-state index is 11.0. The van der Waals surface area contributed by atoms with Gasteiger partial charge in [-0.05, 0) is 49.7 Å². The van der Waals surface area contributed by atoms with Crippen molar-refractivity contribution in [2.45, 2.75) is 19.8 Å². The number of hydrogen-bond acceptors (Lipinski definition) is 5. The lowest BCUT2D eigenvalue weighted by Crippen LogP contribution is -2.44. The Morgan fingerprint density at radius 1 is 1.39 bits per heavy atom. The van der Waals surface area contributed by atoms with Gasteiger partial charge in [-0.1, -0.05) is 23.7 Å². The SMILES string of the molecule is C/C(=N\NC(=S)N1CCC(C(=O)O)CC1)c1csc(-c2cccc(Cl)c2)c1O. The van der Waals surface area contributed by atoms with Gasteiger partial charge in [0.15, 0.2) is 5.11 Å². The highest BCUT2D eigenvalue weighted by atomic mass is 35.5. The van der Waals surface area contributed by atoms with Gasteiger partial charge in [-0.25, -0.2) is 0 Å². The first-order valence-corrected chi connectivity index (χ1v) is 10.4. The Morgan fingerprint density at radius 2 is 2.11 bits per heavy atom. The van der Waals surface area contributed by atoms with Crippen molar-refractivity contribution in [1.82, 2.24) is 10.3 Å². The molecule has 9 heteroatoms. The van der Waals surface area contributed by atoms with Gasteiger partial charge in [-0.15, -0.1) is 11.3 Å². The lowest BCUT2D eigenvalue weighted by Gasteiger charge is -2.31. The number of benzene rings is 1. The van der Waals surface area contributed by atoms with Gasteiger partial charge in [0.2, 0.25) is 0 Å². The summed E-state index contributed by atoms with van der Waals surface area (Å²) >= 11 is 12.8. The van der Waals surface area contributed by atoms with Crippen LogP contribution in [0.5, 0.6) is 5.75 Å². The maximum absolute atomic E-state index is 11.0. The molecule has 0 radical (unpaired) electrons. The number of thiocarbonyl (C=S) groups is 1. The Bertz CT molecular complexity index is 921. The molecule has 1 aromatic carbocycles. The summed E-state index contributed by atoms with van der Waals surface area (Å²) in [4.78, 5) is 13.7. The smallest absolute Gasteiger partial charge is 0.306 e. The van der Waals surface area contributed by atoms with E-state index in [1.807, 2.05) is 22.4 Å². The fourth-order valence-corrected chi connectivity index (χ4v) is 4.46. The minimum absolute atomic E-state index is 0.156. The Labute approximate surface area is 177 Å². The predicted molar refractivity (Wildman–Crippen MR) is 116 cm³/mol. The van der Waals surface area contributed by atoms with Crippen LogP contribution in [0.3, 0.4) is 0 Å². The van der Waals surface area contributed by atoms with Gasteiger partial charge in [-0.3, -0.25) is 10.2 Å². The van der Waals surface area contributed by atoms with Crippen LogP contribution in [-0.4, -0.2) is 45.0 Å². The van der Waals surface area contributed by atoms with E-state index in [0.717, 1.165) is 10.4 Å². The van der Waals surface area contributed by atoms with Crippen LogP contribution < -0.4 is 5.43 Å². The summed E-state index contributed by atoms with van der Waals surface area (Å²) in [5.41, 5.74) is 4.92. The van der Waals surface area contributed by atoms with E-state index in [-0.39, 0.29) is 11.7 Å². The fraction of sp³-hybridized carbons (Fsp3) is 0.316. The number of nitrogens with zero attached hydrogens (tertiary/aromatic N) is 2. The summed E-state index contributed by atoms with van der Waals surface area (Å²) in [6, 6.07) is 7.32. The molecule has 3 N–H and O–H groups in total. The van der Waals surface area contributed by atoms with Crippen LogP contribution in [0.1, 0.15) is 25.3 Å². The molecule has 2 heterocycles. The van der Waals surface area contributed by atoms with Crippen LogP contribution in [0.4, 0.5) is 0 Å². The Balaban J connectivity index is 1.66. The molecule has 1 aromatic heterocycles. The molecule has 0 spiro atoms. The highest BCUT2D eigenvalue weighted by Crippen LogP contribution is 2.39. The van der Waals surface area contributed by atoms with E-state index in [2.05, 4.69) is 10.5 Å². The zero-order valence-corrected chi connectivity index (χ0v) is 17.6. The van der Waals surface area contributed by atoms with Crippen molar-refractivity contribution in [3.8, 4) is 16.2 Å². The molecule has 6 nitrogen and oxygen atoms in total. The molecule has 3 rings (SSSR count). The molecule has 1 aliphatic rings. The second-order valence-electron chi connectivity index (χ2n) is 6.55. The van der Waals surface area contributed by atoms with Crippen LogP contribution in [-0.2, 0) is 4.79 Å². The first-order valence-electron chi connectivity index (χ1n) is 8.75. The molecule has 1 fully saturated rings. The van der Waals surface area contributed by atoms with E-state index in [1.165, 1.54) is 11.3 Å². The molecule has 148 valence electrons. The van der Waals surface area contributed by atoms with Crippen LogP contribution in [0.25, 0.3) is 10.4 Å². The first-order chi connectivity index (χ1) is 13.4. The Kier molecular flexibility index (Phi) is 6.53. The monoisotopic (exact) mass is 437 g/mol. The normalized spacial score (nSPS) is 15.5. The molecule has 1 saturated heterocycles. The number of hydrazone groups is 1. The number of aliphatic carboxylic acids is 1. The van der Waals surface area contributed by atoms with E-state index in [9.17, 15) is 9.90 Å². The molecule has 0 aliphatic carbocycles. The van der Waals surface area contributed by atoms with Crippen molar-refractivity contribution >= 4 is 51.9 Å². The van der Waals surface area contributed by atoms with E-state index in [1.54, 1.807) is 19.1 Å². The third-order valence-electron chi connectivity index (χ3n) is 4.69. The van der Waals surface area contributed by atoms with Crippen molar-refractivity contribution in [2.75, 3.05) is 13.1 Å². The zero-order valence-electron chi connectivity index (χ0n) is 15.2. The van der Waals surface area contributed by atoms with Crippen molar-refractivity contribution in [2.24, 2.45) is 11.0 Å². The second-order valence-corrected chi connectivity index (χ2v) is 8.25. The molecule has 0 bridgehead atoms. The lowest BCUT2D eigenvalue weighted by molar-refractivity contribution is -0.143. The number of thiophene rings is 1. The summed E-state index contributed by atoms with van der Waals surface area (Å²) in [6.45, 7) is 2.95. The van der Waals surface area contributed by atoms with Crippen molar-refractivity contribution in [3.05, 3.63) is 40.2 Å². The third kappa shape index (κ3) is 4.63. The van der Waals surface area contributed by atoms with Gasteiger partial charge >= 0.3 is 5.97 Å². The average molecular weight is 438 g/mol. The van der Waals surface area contributed by atoms with Gasteiger partial charge in [0.05, 0.1) is 22.1 Å². The van der Waals surface area contributed by atoms with E-state index in [0.29, 0.717) is 47.3 Å². The molecular weight excluding hydrogens is 418 g/mol. The Morgan fingerprint density at radius 3 is 2.75 bits per heavy atom. The molecule has 0 unspecified atom stereocenters. The number of halogens is 1. The van der Waals surface area contributed by atoms with Crippen LogP contribution in [0, 0.1) is 5.92 Å². The van der Waals surface area contributed by atoms with Gasteiger partial charge in [0.25, 0.3) is 0 Å². The average Bonchev–Trinajstić information content (AvgIpc) is 3.07. The van der Waals surface area contributed by atoms with Crippen LogP contribution >= 0.6 is 35.2 Å². The minimum Gasteiger partial charge on any atom is -0.506 e. The zero-order chi connectivity index (χ0) is 20.3. The molecule has 1 aliphatic heterocycles. The number of likely N-dealkylation sites (tertiary alicyclic amines) is 1. The molecule has 28 heavy (non-hydrogen) atoms. The van der Waals surface area contributed by atoms with E-state index in [4.69, 9.17) is 28.9 Å². The highest BCUT2D eigenvalue weighted by molar-refractivity contribution is 7.80. The number of carboxylic acids is 1. The van der Waals surface area contributed by atoms with Crippen molar-refractivity contribution in [3.63, 3.8) is 0 Å². The predicted octanol–water partition coefficient (Wildman–Crippen LogP) is 4.17. The maximum Gasteiger partial charge on any atom is 0.306 e. The van der Waals surface area contributed by atoms with Crippen molar-refractivity contribution in [1.29, 1.82) is 0 Å². The van der Waals surface area contributed by atoms with Crippen molar-refractivity contribution < 1.29 is 15.0 Å². The molecule has 0 saturated carbocycles. The quantitative estimate of drug-likeness (QED) is 0.378. The largest absolute Gasteiger partial charge is 0.506 e. The number of piperidine rings is 1. The molecular formula is C19H20ClN3O3S2. The van der Waals surface area contributed by atoms with Gasteiger partial charge < -0.3 is 15.1 Å². The summed E-state index contributed by atoms with van der Waals surface area (Å²) < 4.78 is 0. The van der Waals surface area contributed by atoms with E-state index < -0.39 is 5.97 Å². The number of carboxylic acid groups (broad SMARTS) is 1. The molecule has 0 atom stereocenters. The fourth-order valence-electron chi connectivity index (χ4n) is 3.04. The summed E-state index contributed by atoms with van der Waals surface area (Å²) in [5, 5.41) is 26.9. The summed E-state index contributed by atoms with van der Waals surface area (Å²) in [5.74, 6) is -0.906. The first kappa shape index (κ1) is 20.6. The van der Waals surface area contributed by atoms with Gasteiger partial charge in [0, 0.05) is 23.5 Å². The number of aromatic hydroxyl groups is 1. The van der Waals surface area contributed by atoms with Crippen LogP contribution in [0.15, 0.2) is 34.7 Å². The van der Waals surface area contributed by atoms with Gasteiger partial charge in [0.1, 0.15) is 5.75 Å². The highest BCUT2D eigenvalue weighted by Gasteiger charge is 2.25. The number of rotatable bonds is 4. The third-order valence-corrected chi connectivity index (χ3v) is 6.29. The summed E-state index contributed by atoms with van der Waals surface area (Å²) in [6.07, 6.45) is 1.13. The minimum atomic E-state index is -0.754. The van der Waals surface area contributed by atoms with Crippen LogP contribution in [0.2, 0.25) is 5.02 Å². The summed E-state index contributed by atoms with van der Waals surface area (Å²) in [7, 11) is 0. The lowest BCUT2D eigenvalue weighted by atomic mass is 9.97. The Hall–Kier alpha value is -2.16. The molecule has 2 aromatic rings.